The van der Waals surface area contributed by atoms with Gasteiger partial charge in [-0.3, -0.25) is 4.68 Å². The van der Waals surface area contributed by atoms with Crippen molar-refractivity contribution in [1.29, 1.82) is 5.26 Å². The lowest BCUT2D eigenvalue weighted by Crippen LogP contribution is -2.33. The van der Waals surface area contributed by atoms with Gasteiger partial charge in [-0.05, 0) is 32.0 Å². The fraction of sp³-hybridized carbons (Fsp3) is 0.400. The maximum Gasteiger partial charge on any atom is 0.258 e. The van der Waals surface area contributed by atoms with Gasteiger partial charge in [-0.15, -0.1) is 0 Å². The first kappa shape index (κ1) is 17.9. The summed E-state index contributed by atoms with van der Waals surface area (Å²) in [5, 5.41) is 15.8. The van der Waals surface area contributed by atoms with Crippen molar-refractivity contribution in [2.75, 3.05) is 5.32 Å². The van der Waals surface area contributed by atoms with Crippen molar-refractivity contribution in [2.24, 2.45) is 0 Å². The third-order valence-electron chi connectivity index (χ3n) is 3.17. The smallest absolute Gasteiger partial charge is 0.258 e. The van der Waals surface area contributed by atoms with Gasteiger partial charge in [-0.1, -0.05) is 6.07 Å². The first-order valence-corrected chi connectivity index (χ1v) is 8.99. The number of sulfonamides is 1. The molecule has 0 bridgehead atoms. The van der Waals surface area contributed by atoms with Crippen LogP contribution in [0.15, 0.2) is 41.7 Å². The summed E-state index contributed by atoms with van der Waals surface area (Å²) < 4.78 is 28.8. The van der Waals surface area contributed by atoms with E-state index < -0.39 is 16.1 Å². The molecule has 0 saturated heterocycles. The highest BCUT2D eigenvalue weighted by Crippen LogP contribution is 2.12. The minimum Gasteiger partial charge on any atom is -0.366 e. The lowest BCUT2D eigenvalue weighted by Gasteiger charge is -2.16. The number of hydrogen-bond acceptors (Lipinski definition) is 6. The van der Waals surface area contributed by atoms with E-state index in [1.54, 1.807) is 29.9 Å². The second-order valence-corrected chi connectivity index (χ2v) is 7.18. The average Bonchev–Trinajstić information content (AvgIpc) is 3.00. The van der Waals surface area contributed by atoms with Crippen molar-refractivity contribution in [3.05, 3.63) is 36.7 Å². The quantitative estimate of drug-likeness (QED) is 0.745. The van der Waals surface area contributed by atoms with Crippen LogP contribution in [0, 0.1) is 11.3 Å². The first-order chi connectivity index (χ1) is 11.4. The third-order valence-corrected chi connectivity index (χ3v) is 4.66. The van der Waals surface area contributed by atoms with Crippen LogP contribution >= 0.6 is 0 Å². The van der Waals surface area contributed by atoms with Crippen molar-refractivity contribution in [2.45, 2.75) is 43.9 Å². The van der Waals surface area contributed by atoms with Crippen LogP contribution in [0.1, 0.15) is 20.3 Å². The van der Waals surface area contributed by atoms with Crippen molar-refractivity contribution < 1.29 is 8.42 Å². The number of anilines is 1. The molecule has 0 fully saturated rings. The Morgan fingerprint density at radius 2 is 2.08 bits per heavy atom. The van der Waals surface area contributed by atoms with E-state index in [1.807, 2.05) is 25.3 Å². The Labute approximate surface area is 141 Å². The Bertz CT molecular complexity index is 798. The molecule has 0 aliphatic carbocycles. The predicted octanol–water partition coefficient (Wildman–Crippen LogP) is 1.36. The molecule has 9 heteroatoms. The molecule has 2 N–H and O–H groups in total. The zero-order valence-corrected chi connectivity index (χ0v) is 14.4. The summed E-state index contributed by atoms with van der Waals surface area (Å²) in [7, 11) is -3.76. The number of aromatic nitrogens is 3. The van der Waals surface area contributed by atoms with Crippen LogP contribution in [0.5, 0.6) is 0 Å². The summed E-state index contributed by atoms with van der Waals surface area (Å²) in [6.07, 6.45) is 3.65. The van der Waals surface area contributed by atoms with Crippen molar-refractivity contribution in [1.82, 2.24) is 19.5 Å². The van der Waals surface area contributed by atoms with E-state index in [-0.39, 0.29) is 17.5 Å². The lowest BCUT2D eigenvalue weighted by molar-refractivity contribution is 0.555. The Morgan fingerprint density at radius 1 is 1.29 bits per heavy atom. The monoisotopic (exact) mass is 348 g/mol. The van der Waals surface area contributed by atoms with Crippen LogP contribution in [-0.4, -0.2) is 35.3 Å². The van der Waals surface area contributed by atoms with E-state index in [0.717, 1.165) is 0 Å². The summed E-state index contributed by atoms with van der Waals surface area (Å²) in [5.41, 5.74) is 0. The van der Waals surface area contributed by atoms with Crippen molar-refractivity contribution in [3.63, 3.8) is 0 Å². The Kier molecular flexibility index (Phi) is 5.89. The lowest BCUT2D eigenvalue weighted by atomic mass is 10.3. The molecule has 2 aromatic heterocycles. The van der Waals surface area contributed by atoms with Crippen LogP contribution in [0.4, 0.5) is 5.82 Å². The molecule has 2 atom stereocenters. The zero-order valence-electron chi connectivity index (χ0n) is 13.5. The number of nitrogens with zero attached hydrogens (tertiary/aromatic N) is 4. The van der Waals surface area contributed by atoms with Gasteiger partial charge in [0, 0.05) is 24.5 Å². The Hall–Kier alpha value is -2.44. The highest BCUT2D eigenvalue weighted by molar-refractivity contribution is 7.89. The number of nitrogens with one attached hydrogen (secondary N) is 2. The summed E-state index contributed by atoms with van der Waals surface area (Å²) in [6, 6.07) is 8.06. The summed E-state index contributed by atoms with van der Waals surface area (Å²) in [5.74, 6) is 0.463. The fourth-order valence-electron chi connectivity index (χ4n) is 2.14. The molecule has 0 spiro atoms. The van der Waals surface area contributed by atoms with Gasteiger partial charge in [-0.25, -0.2) is 18.1 Å². The molecule has 8 nitrogen and oxygen atoms in total. The van der Waals surface area contributed by atoms with E-state index in [2.05, 4.69) is 20.1 Å². The molecular weight excluding hydrogens is 328 g/mol. The molecule has 0 aromatic carbocycles. The van der Waals surface area contributed by atoms with E-state index >= 15 is 0 Å². The number of pyridine rings is 1. The van der Waals surface area contributed by atoms with Gasteiger partial charge in [0.05, 0.1) is 19.0 Å². The van der Waals surface area contributed by atoms with Gasteiger partial charge in [0.15, 0.2) is 5.03 Å². The van der Waals surface area contributed by atoms with Crippen LogP contribution in [0.25, 0.3) is 0 Å². The van der Waals surface area contributed by atoms with Crippen LogP contribution in [0.2, 0.25) is 0 Å². The molecule has 0 aliphatic rings. The largest absolute Gasteiger partial charge is 0.366 e. The summed E-state index contributed by atoms with van der Waals surface area (Å²) in [4.78, 5) is 4.15. The van der Waals surface area contributed by atoms with Gasteiger partial charge < -0.3 is 5.32 Å². The van der Waals surface area contributed by atoms with E-state index in [9.17, 15) is 8.42 Å². The van der Waals surface area contributed by atoms with Gasteiger partial charge in [0.1, 0.15) is 5.82 Å². The molecule has 0 saturated carbocycles. The molecule has 0 amide bonds. The Morgan fingerprint density at radius 3 is 2.75 bits per heavy atom. The third kappa shape index (κ3) is 5.04. The topological polar surface area (TPSA) is 113 Å². The van der Waals surface area contributed by atoms with Gasteiger partial charge in [0.2, 0.25) is 0 Å². The number of nitriles is 1. The van der Waals surface area contributed by atoms with Crippen LogP contribution < -0.4 is 10.0 Å². The van der Waals surface area contributed by atoms with E-state index in [1.165, 1.54) is 6.07 Å². The minimum absolute atomic E-state index is 0.0147. The van der Waals surface area contributed by atoms with Crippen molar-refractivity contribution >= 4 is 15.8 Å². The van der Waals surface area contributed by atoms with E-state index in [0.29, 0.717) is 12.4 Å². The molecule has 2 aromatic rings. The fourth-order valence-corrected chi connectivity index (χ4v) is 3.35. The van der Waals surface area contributed by atoms with Gasteiger partial charge >= 0.3 is 0 Å². The highest BCUT2D eigenvalue weighted by Gasteiger charge is 2.19. The van der Waals surface area contributed by atoms with Gasteiger partial charge in [0.25, 0.3) is 10.0 Å². The molecule has 2 heterocycles. The zero-order chi connectivity index (χ0) is 17.6. The normalized spacial score (nSPS) is 13.9. The molecule has 0 aliphatic heterocycles. The van der Waals surface area contributed by atoms with Gasteiger partial charge in [-0.2, -0.15) is 10.4 Å². The Balaban J connectivity index is 2.06. The second-order valence-electron chi connectivity index (χ2n) is 5.52. The van der Waals surface area contributed by atoms with E-state index in [4.69, 9.17) is 5.26 Å². The molecule has 24 heavy (non-hydrogen) atoms. The maximum absolute atomic E-state index is 12.3. The SMILES string of the molecule is CC(Cn1cccn1)Nc1cccc(S(=O)(=O)NC(C)CC#N)n1. The summed E-state index contributed by atoms with van der Waals surface area (Å²) >= 11 is 0. The molecule has 128 valence electrons. The highest BCUT2D eigenvalue weighted by atomic mass is 32.2. The molecule has 0 radical (unpaired) electrons. The molecule has 2 rings (SSSR count). The predicted molar refractivity (Wildman–Crippen MR) is 89.6 cm³/mol. The summed E-state index contributed by atoms with van der Waals surface area (Å²) in [6.45, 7) is 4.22. The number of rotatable bonds is 8. The van der Waals surface area contributed by atoms with Crippen LogP contribution in [0.3, 0.4) is 0 Å². The van der Waals surface area contributed by atoms with Crippen molar-refractivity contribution in [3.8, 4) is 6.07 Å². The average molecular weight is 348 g/mol. The minimum atomic E-state index is -3.76. The second kappa shape index (κ2) is 7.90. The molecular formula is C15H20N6O2S. The molecule has 2 unspecified atom stereocenters. The maximum atomic E-state index is 12.3. The number of hydrogen-bond donors (Lipinski definition) is 2. The first-order valence-electron chi connectivity index (χ1n) is 7.51. The van der Waals surface area contributed by atoms with Crippen LogP contribution in [-0.2, 0) is 16.6 Å². The standard InChI is InChI=1S/C15H20N6O2S/c1-12(7-8-16)20-24(22,23)15-6-3-5-14(19-15)18-13(2)11-21-10-4-9-17-21/h3-6,9-10,12-13,20H,7,11H2,1-2H3,(H,18,19).